The topological polar surface area (TPSA) is 113 Å². The van der Waals surface area contributed by atoms with E-state index in [-0.39, 0.29) is 28.1 Å². The second-order valence-electron chi connectivity index (χ2n) is 6.98. The maximum absolute atomic E-state index is 12.9. The van der Waals surface area contributed by atoms with Crippen LogP contribution in [0.15, 0.2) is 35.2 Å². The SMILES string of the molecule is COC(=O)c1ccc(C)c(NS(=O)(=O)c2ccc3c(c2)C[C@H](C)N3C(C)=O)c1O. The number of sulfonamides is 1. The molecule has 1 amide bonds. The molecule has 0 aliphatic carbocycles. The number of aromatic hydroxyl groups is 1. The number of aryl methyl sites for hydroxylation is 1. The molecule has 2 aromatic carbocycles. The van der Waals surface area contributed by atoms with Crippen LogP contribution in [-0.2, 0) is 26.0 Å². The van der Waals surface area contributed by atoms with Crippen LogP contribution in [0.1, 0.15) is 35.3 Å². The number of phenolic OH excluding ortho intramolecular Hbond substituents is 1. The van der Waals surface area contributed by atoms with Gasteiger partial charge >= 0.3 is 5.97 Å². The molecule has 0 aromatic heterocycles. The third-order valence-electron chi connectivity index (χ3n) is 4.94. The van der Waals surface area contributed by atoms with Crippen LogP contribution in [0.5, 0.6) is 5.75 Å². The molecule has 29 heavy (non-hydrogen) atoms. The van der Waals surface area contributed by atoms with Crippen LogP contribution in [0, 0.1) is 6.92 Å². The Morgan fingerprint density at radius 3 is 2.55 bits per heavy atom. The minimum Gasteiger partial charge on any atom is -0.505 e. The molecule has 0 unspecified atom stereocenters. The van der Waals surface area contributed by atoms with Gasteiger partial charge in [0.2, 0.25) is 5.91 Å². The van der Waals surface area contributed by atoms with E-state index in [2.05, 4.69) is 9.46 Å². The summed E-state index contributed by atoms with van der Waals surface area (Å²) in [4.78, 5) is 25.3. The number of ether oxygens (including phenoxy) is 1. The fourth-order valence-corrected chi connectivity index (χ4v) is 4.73. The van der Waals surface area contributed by atoms with Gasteiger partial charge in [0, 0.05) is 18.7 Å². The number of hydrogen-bond acceptors (Lipinski definition) is 6. The summed E-state index contributed by atoms with van der Waals surface area (Å²) in [6, 6.07) is 7.35. The van der Waals surface area contributed by atoms with E-state index in [9.17, 15) is 23.1 Å². The van der Waals surface area contributed by atoms with E-state index in [1.807, 2.05) is 6.92 Å². The van der Waals surface area contributed by atoms with Crippen molar-refractivity contribution in [1.82, 2.24) is 0 Å². The number of rotatable bonds is 4. The minimum absolute atomic E-state index is 0.00359. The zero-order chi connectivity index (χ0) is 21.5. The normalized spacial score (nSPS) is 15.7. The minimum atomic E-state index is -4.05. The van der Waals surface area contributed by atoms with Crippen molar-refractivity contribution in [2.24, 2.45) is 0 Å². The van der Waals surface area contributed by atoms with Gasteiger partial charge < -0.3 is 14.7 Å². The van der Waals surface area contributed by atoms with Crippen molar-refractivity contribution in [1.29, 1.82) is 0 Å². The van der Waals surface area contributed by atoms with Crippen molar-refractivity contribution < 1.29 is 27.9 Å². The van der Waals surface area contributed by atoms with E-state index in [1.54, 1.807) is 17.9 Å². The van der Waals surface area contributed by atoms with Crippen molar-refractivity contribution in [3.63, 3.8) is 0 Å². The summed E-state index contributed by atoms with van der Waals surface area (Å²) in [6.07, 6.45) is 0.542. The lowest BCUT2D eigenvalue weighted by atomic mass is 10.1. The first-order valence-electron chi connectivity index (χ1n) is 8.93. The molecule has 1 atom stereocenters. The molecule has 8 nitrogen and oxygen atoms in total. The predicted octanol–water partition coefficient (Wildman–Crippen LogP) is 2.59. The zero-order valence-corrected chi connectivity index (χ0v) is 17.3. The number of anilines is 2. The van der Waals surface area contributed by atoms with E-state index in [0.29, 0.717) is 17.7 Å². The highest BCUT2D eigenvalue weighted by Crippen LogP contribution is 2.36. The number of phenols is 1. The van der Waals surface area contributed by atoms with Crippen molar-refractivity contribution in [3.8, 4) is 5.75 Å². The summed E-state index contributed by atoms with van der Waals surface area (Å²) in [7, 11) is -2.88. The summed E-state index contributed by atoms with van der Waals surface area (Å²) in [5.74, 6) is -1.39. The number of methoxy groups -OCH3 is 1. The first kappa shape index (κ1) is 20.7. The maximum Gasteiger partial charge on any atom is 0.341 e. The molecule has 154 valence electrons. The van der Waals surface area contributed by atoms with Gasteiger partial charge in [0.1, 0.15) is 5.56 Å². The molecule has 0 spiro atoms. The number of carbonyl (C=O) groups is 2. The Kier molecular flexibility index (Phi) is 5.27. The Hall–Kier alpha value is -3.07. The fraction of sp³-hybridized carbons (Fsp3) is 0.300. The Morgan fingerprint density at radius 2 is 1.93 bits per heavy atom. The van der Waals surface area contributed by atoms with Crippen molar-refractivity contribution >= 4 is 33.3 Å². The summed E-state index contributed by atoms with van der Waals surface area (Å²) < 4.78 is 32.8. The van der Waals surface area contributed by atoms with Crippen molar-refractivity contribution in [2.75, 3.05) is 16.7 Å². The Bertz CT molecular complexity index is 1110. The Morgan fingerprint density at radius 1 is 1.24 bits per heavy atom. The molecular weight excluding hydrogens is 396 g/mol. The molecule has 0 bridgehead atoms. The lowest BCUT2D eigenvalue weighted by molar-refractivity contribution is -0.116. The van der Waals surface area contributed by atoms with Gasteiger partial charge in [-0.1, -0.05) is 6.07 Å². The van der Waals surface area contributed by atoms with Crippen LogP contribution in [0.4, 0.5) is 11.4 Å². The third kappa shape index (κ3) is 3.65. The van der Waals surface area contributed by atoms with E-state index >= 15 is 0 Å². The predicted molar refractivity (Wildman–Crippen MR) is 108 cm³/mol. The summed E-state index contributed by atoms with van der Waals surface area (Å²) >= 11 is 0. The largest absolute Gasteiger partial charge is 0.505 e. The third-order valence-corrected chi connectivity index (χ3v) is 6.29. The van der Waals surface area contributed by atoms with E-state index in [0.717, 1.165) is 5.56 Å². The zero-order valence-electron chi connectivity index (χ0n) is 16.5. The summed E-state index contributed by atoms with van der Waals surface area (Å²) in [5.41, 5.74) is 1.65. The van der Waals surface area contributed by atoms with Gasteiger partial charge in [-0.15, -0.1) is 0 Å². The molecule has 0 saturated heterocycles. The van der Waals surface area contributed by atoms with Crippen LogP contribution in [-0.4, -0.2) is 38.6 Å². The van der Waals surface area contributed by atoms with Gasteiger partial charge in [0.25, 0.3) is 10.0 Å². The molecule has 1 heterocycles. The Labute approximate surface area is 169 Å². The molecule has 2 aromatic rings. The molecule has 1 aliphatic rings. The Balaban J connectivity index is 1.99. The smallest absolute Gasteiger partial charge is 0.341 e. The number of nitrogens with one attached hydrogen (secondary N) is 1. The summed E-state index contributed by atoms with van der Waals surface area (Å²) in [6.45, 7) is 4.97. The fourth-order valence-electron chi connectivity index (χ4n) is 3.54. The molecule has 0 radical (unpaired) electrons. The first-order valence-corrected chi connectivity index (χ1v) is 10.4. The van der Waals surface area contributed by atoms with Gasteiger partial charge in [0.15, 0.2) is 5.75 Å². The highest BCUT2D eigenvalue weighted by atomic mass is 32.2. The second-order valence-corrected chi connectivity index (χ2v) is 8.67. The van der Waals surface area contributed by atoms with Crippen LogP contribution in [0.3, 0.4) is 0 Å². The van der Waals surface area contributed by atoms with Gasteiger partial charge in [-0.2, -0.15) is 0 Å². The standard InChI is InChI=1S/C20H22N2O6S/c1-11-5-7-16(20(25)28-4)19(24)18(11)21-29(26,27)15-6-8-17-14(10-15)9-12(2)22(17)13(3)23/h5-8,10,12,21,24H,9H2,1-4H3/t12-/m0/s1. The average Bonchev–Trinajstić information content (AvgIpc) is 2.99. The van der Waals surface area contributed by atoms with Gasteiger partial charge in [0.05, 0.1) is 17.7 Å². The number of amides is 1. The average molecular weight is 418 g/mol. The van der Waals surface area contributed by atoms with Crippen LogP contribution in [0.2, 0.25) is 0 Å². The van der Waals surface area contributed by atoms with E-state index < -0.39 is 21.7 Å². The van der Waals surface area contributed by atoms with Crippen LogP contribution in [0.25, 0.3) is 0 Å². The lowest BCUT2D eigenvalue weighted by Crippen LogP contribution is -2.33. The molecule has 3 rings (SSSR count). The number of fused-ring (bicyclic) bond motifs is 1. The first-order chi connectivity index (χ1) is 13.6. The molecular formula is C20H22N2O6S. The molecule has 0 saturated carbocycles. The summed E-state index contributed by atoms with van der Waals surface area (Å²) in [5, 5.41) is 10.4. The van der Waals surface area contributed by atoms with E-state index in [1.165, 1.54) is 38.3 Å². The van der Waals surface area contributed by atoms with Crippen molar-refractivity contribution in [2.45, 2.75) is 38.1 Å². The molecule has 0 fully saturated rings. The van der Waals surface area contributed by atoms with E-state index in [4.69, 9.17) is 0 Å². The number of nitrogens with zero attached hydrogens (tertiary/aromatic N) is 1. The van der Waals surface area contributed by atoms with Crippen molar-refractivity contribution in [3.05, 3.63) is 47.0 Å². The highest BCUT2D eigenvalue weighted by molar-refractivity contribution is 7.92. The van der Waals surface area contributed by atoms with Crippen LogP contribution >= 0.6 is 0 Å². The lowest BCUT2D eigenvalue weighted by Gasteiger charge is -2.20. The van der Waals surface area contributed by atoms with Gasteiger partial charge in [-0.05, 0) is 55.7 Å². The number of esters is 1. The number of hydrogen-bond donors (Lipinski definition) is 2. The maximum atomic E-state index is 12.9. The molecule has 2 N–H and O–H groups in total. The molecule has 1 aliphatic heterocycles. The van der Waals surface area contributed by atoms with Crippen LogP contribution < -0.4 is 9.62 Å². The van der Waals surface area contributed by atoms with Gasteiger partial charge in [-0.3, -0.25) is 9.52 Å². The quantitative estimate of drug-likeness (QED) is 0.583. The monoisotopic (exact) mass is 418 g/mol. The molecule has 9 heteroatoms. The second kappa shape index (κ2) is 7.40. The highest BCUT2D eigenvalue weighted by Gasteiger charge is 2.30. The van der Waals surface area contributed by atoms with Gasteiger partial charge in [-0.25, -0.2) is 13.2 Å². The number of carbonyl (C=O) groups excluding carboxylic acids is 2. The number of benzene rings is 2.